The van der Waals surface area contributed by atoms with E-state index in [-0.39, 0.29) is 0 Å². The van der Waals surface area contributed by atoms with E-state index in [4.69, 9.17) is 17.0 Å². The topological polar surface area (TPSA) is 33.3 Å². The Kier molecular flexibility index (Phi) is 8.36. The lowest BCUT2D eigenvalue weighted by Gasteiger charge is -2.22. The zero-order valence-corrected chi connectivity index (χ0v) is 11.8. The minimum Gasteiger partial charge on any atom is -0.376 e. The molecule has 0 spiro atoms. The van der Waals surface area contributed by atoms with Crippen LogP contribution in [0.5, 0.6) is 0 Å². The Morgan fingerprint density at radius 1 is 1.18 bits per heavy atom. The van der Waals surface area contributed by atoms with Gasteiger partial charge in [0.15, 0.2) is 5.11 Å². The number of hydrogen-bond donors (Lipinski definition) is 2. The summed E-state index contributed by atoms with van der Waals surface area (Å²) in [5.74, 6) is 0. The van der Waals surface area contributed by atoms with E-state index in [1.807, 2.05) is 0 Å². The second kappa shape index (κ2) is 9.66. The number of nitrogens with one attached hydrogen (secondary N) is 2. The maximum Gasteiger partial charge on any atom is 0.166 e. The molecule has 2 N–H and O–H groups in total. The van der Waals surface area contributed by atoms with Gasteiger partial charge in [-0.15, -0.1) is 0 Å². The second-order valence-corrected chi connectivity index (χ2v) is 5.08. The normalized spacial score (nSPS) is 16.8. The largest absolute Gasteiger partial charge is 0.376 e. The van der Waals surface area contributed by atoms with Gasteiger partial charge in [0.1, 0.15) is 0 Å². The van der Waals surface area contributed by atoms with Crippen LogP contribution in [0.1, 0.15) is 51.9 Å². The Labute approximate surface area is 111 Å². The van der Waals surface area contributed by atoms with Gasteiger partial charge in [-0.25, -0.2) is 0 Å². The van der Waals surface area contributed by atoms with E-state index in [9.17, 15) is 0 Å². The van der Waals surface area contributed by atoms with Crippen molar-refractivity contribution in [2.24, 2.45) is 0 Å². The summed E-state index contributed by atoms with van der Waals surface area (Å²) in [6.07, 6.45) is 9.36. The lowest BCUT2D eigenvalue weighted by molar-refractivity contribution is 0.0318. The van der Waals surface area contributed by atoms with Crippen LogP contribution in [0, 0.1) is 0 Å². The Balaban J connectivity index is 1.90. The summed E-state index contributed by atoms with van der Waals surface area (Å²) in [5.41, 5.74) is 0. The van der Waals surface area contributed by atoms with E-state index >= 15 is 0 Å². The molecule has 0 aromatic heterocycles. The van der Waals surface area contributed by atoms with Crippen LogP contribution < -0.4 is 10.6 Å². The molecule has 0 heterocycles. The van der Waals surface area contributed by atoms with Crippen LogP contribution in [0.4, 0.5) is 0 Å². The fourth-order valence-corrected chi connectivity index (χ4v) is 2.27. The van der Waals surface area contributed by atoms with Gasteiger partial charge in [0, 0.05) is 13.1 Å². The first kappa shape index (κ1) is 14.7. The number of unbranched alkanes of at least 4 members (excludes halogenated alkanes) is 1. The number of rotatable bonds is 7. The Morgan fingerprint density at radius 3 is 2.59 bits per heavy atom. The van der Waals surface area contributed by atoms with Gasteiger partial charge in [0.05, 0.1) is 12.7 Å². The van der Waals surface area contributed by atoms with Crippen LogP contribution in [0.15, 0.2) is 0 Å². The van der Waals surface area contributed by atoms with Crippen molar-refractivity contribution in [3.63, 3.8) is 0 Å². The van der Waals surface area contributed by atoms with Crippen molar-refractivity contribution in [2.75, 3.05) is 19.7 Å². The Morgan fingerprint density at radius 2 is 1.88 bits per heavy atom. The predicted molar refractivity (Wildman–Crippen MR) is 76.3 cm³/mol. The summed E-state index contributed by atoms with van der Waals surface area (Å²) in [4.78, 5) is 0. The first-order valence-corrected chi connectivity index (χ1v) is 7.37. The predicted octanol–water partition coefficient (Wildman–Crippen LogP) is 2.60. The van der Waals surface area contributed by atoms with Gasteiger partial charge < -0.3 is 15.4 Å². The monoisotopic (exact) mass is 258 g/mol. The summed E-state index contributed by atoms with van der Waals surface area (Å²) >= 11 is 5.16. The molecule has 0 aromatic carbocycles. The van der Waals surface area contributed by atoms with Crippen LogP contribution in [-0.4, -0.2) is 30.9 Å². The van der Waals surface area contributed by atoms with Crippen LogP contribution >= 0.6 is 12.2 Å². The van der Waals surface area contributed by atoms with E-state index in [2.05, 4.69) is 17.6 Å². The molecular weight excluding hydrogens is 232 g/mol. The minimum absolute atomic E-state index is 0.493. The summed E-state index contributed by atoms with van der Waals surface area (Å²) in [7, 11) is 0. The third-order valence-corrected chi connectivity index (χ3v) is 3.40. The SMILES string of the molecule is CCCCNC(=S)NCCOC1CCCCC1. The van der Waals surface area contributed by atoms with E-state index in [0.29, 0.717) is 6.10 Å². The van der Waals surface area contributed by atoms with E-state index in [0.717, 1.165) is 24.8 Å². The average Bonchev–Trinajstić information content (AvgIpc) is 2.36. The van der Waals surface area contributed by atoms with Gasteiger partial charge in [-0.05, 0) is 31.5 Å². The molecule has 0 atom stereocenters. The van der Waals surface area contributed by atoms with Crippen LogP contribution in [0.2, 0.25) is 0 Å². The van der Waals surface area contributed by atoms with Crippen LogP contribution in [-0.2, 0) is 4.74 Å². The molecule has 1 fully saturated rings. The molecule has 0 bridgehead atoms. The van der Waals surface area contributed by atoms with Gasteiger partial charge in [0.25, 0.3) is 0 Å². The highest BCUT2D eigenvalue weighted by Gasteiger charge is 2.12. The number of thiocarbonyl (C=S) groups is 1. The van der Waals surface area contributed by atoms with E-state index in [1.165, 1.54) is 44.9 Å². The van der Waals surface area contributed by atoms with Crippen molar-refractivity contribution >= 4 is 17.3 Å². The highest BCUT2D eigenvalue weighted by atomic mass is 32.1. The standard InChI is InChI=1S/C13H26N2OS/c1-2-3-9-14-13(17)15-10-11-16-12-7-5-4-6-8-12/h12H,2-11H2,1H3,(H2,14,15,17). The van der Waals surface area contributed by atoms with Crippen molar-refractivity contribution in [1.29, 1.82) is 0 Å². The summed E-state index contributed by atoms with van der Waals surface area (Å²) < 4.78 is 5.81. The lowest BCUT2D eigenvalue weighted by atomic mass is 9.98. The molecule has 1 rings (SSSR count). The Bertz CT molecular complexity index is 206. The van der Waals surface area contributed by atoms with E-state index in [1.54, 1.807) is 0 Å². The second-order valence-electron chi connectivity index (χ2n) is 4.67. The molecule has 1 aliphatic rings. The smallest absolute Gasteiger partial charge is 0.166 e. The van der Waals surface area contributed by atoms with Crippen molar-refractivity contribution < 1.29 is 4.74 Å². The molecular formula is C13H26N2OS. The highest BCUT2D eigenvalue weighted by Crippen LogP contribution is 2.19. The molecule has 0 saturated heterocycles. The molecule has 0 unspecified atom stereocenters. The summed E-state index contributed by atoms with van der Waals surface area (Å²) in [6.45, 7) is 4.72. The quantitative estimate of drug-likeness (QED) is 0.543. The number of hydrogen-bond acceptors (Lipinski definition) is 2. The fraction of sp³-hybridized carbons (Fsp3) is 0.923. The van der Waals surface area contributed by atoms with Gasteiger partial charge in [-0.3, -0.25) is 0 Å². The molecule has 0 amide bonds. The zero-order valence-electron chi connectivity index (χ0n) is 11.0. The van der Waals surface area contributed by atoms with Gasteiger partial charge in [-0.2, -0.15) is 0 Å². The third-order valence-electron chi connectivity index (χ3n) is 3.11. The molecule has 100 valence electrons. The molecule has 1 saturated carbocycles. The van der Waals surface area contributed by atoms with Crippen molar-refractivity contribution in [1.82, 2.24) is 10.6 Å². The summed E-state index contributed by atoms with van der Waals surface area (Å²) in [5, 5.41) is 7.12. The molecule has 0 aliphatic heterocycles. The van der Waals surface area contributed by atoms with Crippen LogP contribution in [0.3, 0.4) is 0 Å². The summed E-state index contributed by atoms with van der Waals surface area (Å²) in [6, 6.07) is 0. The zero-order chi connectivity index (χ0) is 12.3. The molecule has 1 aliphatic carbocycles. The fourth-order valence-electron chi connectivity index (χ4n) is 2.06. The molecule has 0 radical (unpaired) electrons. The first-order chi connectivity index (χ1) is 8.33. The highest BCUT2D eigenvalue weighted by molar-refractivity contribution is 7.80. The molecule has 3 nitrogen and oxygen atoms in total. The third kappa shape index (κ3) is 7.55. The number of ether oxygens (including phenoxy) is 1. The molecule has 4 heteroatoms. The average molecular weight is 258 g/mol. The Hall–Kier alpha value is -0.350. The van der Waals surface area contributed by atoms with Crippen molar-refractivity contribution in [3.05, 3.63) is 0 Å². The van der Waals surface area contributed by atoms with Gasteiger partial charge in [0.2, 0.25) is 0 Å². The van der Waals surface area contributed by atoms with Crippen molar-refractivity contribution in [2.45, 2.75) is 58.0 Å². The van der Waals surface area contributed by atoms with Crippen molar-refractivity contribution in [3.8, 4) is 0 Å². The minimum atomic E-state index is 0.493. The van der Waals surface area contributed by atoms with Gasteiger partial charge in [-0.1, -0.05) is 32.6 Å². The van der Waals surface area contributed by atoms with Gasteiger partial charge >= 0.3 is 0 Å². The maximum absolute atomic E-state index is 5.81. The van der Waals surface area contributed by atoms with E-state index < -0.39 is 0 Å². The molecule has 0 aromatic rings. The maximum atomic E-state index is 5.81. The lowest BCUT2D eigenvalue weighted by Crippen LogP contribution is -2.38. The van der Waals surface area contributed by atoms with Crippen LogP contribution in [0.25, 0.3) is 0 Å². The first-order valence-electron chi connectivity index (χ1n) is 6.96. The molecule has 17 heavy (non-hydrogen) atoms.